The summed E-state index contributed by atoms with van der Waals surface area (Å²) in [6, 6.07) is 21.6. The van der Waals surface area contributed by atoms with E-state index >= 15 is 0 Å². The first-order chi connectivity index (χ1) is 15.9. The molecule has 0 aliphatic carbocycles. The number of aryl methyl sites for hydroxylation is 1. The van der Waals surface area contributed by atoms with Gasteiger partial charge in [0, 0.05) is 21.4 Å². The maximum Gasteiger partial charge on any atom is 0.266 e. The van der Waals surface area contributed by atoms with E-state index < -0.39 is 5.91 Å². The van der Waals surface area contributed by atoms with Crippen LogP contribution in [0.25, 0.3) is 6.08 Å². The van der Waals surface area contributed by atoms with Crippen LogP contribution in [0.3, 0.4) is 0 Å². The van der Waals surface area contributed by atoms with Crippen LogP contribution in [0.15, 0.2) is 81.2 Å². The molecule has 2 N–H and O–H groups in total. The lowest BCUT2D eigenvalue weighted by atomic mass is 10.1. The number of anilines is 2. The Bertz CT molecular complexity index is 1250. The fourth-order valence-corrected chi connectivity index (χ4v) is 4.29. The summed E-state index contributed by atoms with van der Waals surface area (Å²) in [4.78, 5) is 25.0. The van der Waals surface area contributed by atoms with E-state index in [1.807, 2.05) is 37.3 Å². The van der Waals surface area contributed by atoms with Gasteiger partial charge in [0.2, 0.25) is 0 Å². The van der Waals surface area contributed by atoms with E-state index in [1.54, 1.807) is 42.5 Å². The number of nitrogens with zero attached hydrogens (tertiary/aromatic N) is 1. The Morgan fingerprint density at radius 1 is 1.00 bits per heavy atom. The summed E-state index contributed by atoms with van der Waals surface area (Å²) in [5, 5.41) is 15.0. The third-order valence-corrected chi connectivity index (χ3v) is 5.43. The van der Waals surface area contributed by atoms with E-state index in [4.69, 9.17) is 4.74 Å². The van der Waals surface area contributed by atoms with Crippen molar-refractivity contribution in [1.82, 2.24) is 0 Å². The highest BCUT2D eigenvalue weighted by Crippen LogP contribution is 2.34. The van der Waals surface area contributed by atoms with Crippen LogP contribution in [-0.2, 0) is 9.59 Å². The van der Waals surface area contributed by atoms with E-state index in [-0.39, 0.29) is 18.1 Å². The van der Waals surface area contributed by atoms with Crippen molar-refractivity contribution in [1.29, 1.82) is 5.26 Å². The topological polar surface area (TPSA) is 91.2 Å². The molecule has 3 rings (SSSR count). The van der Waals surface area contributed by atoms with Crippen molar-refractivity contribution >= 4 is 61.1 Å². The van der Waals surface area contributed by atoms with Crippen LogP contribution in [0.4, 0.5) is 11.4 Å². The molecule has 3 aromatic rings. The Balaban J connectivity index is 1.80. The number of para-hydroxylation sites is 1. The molecule has 0 bridgehead atoms. The lowest BCUT2D eigenvalue weighted by Gasteiger charge is -2.13. The lowest BCUT2D eigenvalue weighted by Crippen LogP contribution is -2.20. The number of rotatable bonds is 7. The molecule has 0 fully saturated rings. The minimum Gasteiger partial charge on any atom is -0.482 e. The molecule has 0 heterocycles. The van der Waals surface area contributed by atoms with Crippen LogP contribution in [0.5, 0.6) is 5.75 Å². The van der Waals surface area contributed by atoms with Gasteiger partial charge in [-0.3, -0.25) is 9.59 Å². The van der Waals surface area contributed by atoms with Gasteiger partial charge in [-0.2, -0.15) is 5.26 Å². The molecule has 0 spiro atoms. The van der Waals surface area contributed by atoms with Gasteiger partial charge in [0.05, 0.1) is 4.47 Å². The first-order valence-electron chi connectivity index (χ1n) is 9.82. The summed E-state index contributed by atoms with van der Waals surface area (Å²) in [6.45, 7) is 1.68. The summed E-state index contributed by atoms with van der Waals surface area (Å²) < 4.78 is 7.03. The van der Waals surface area contributed by atoms with Crippen LogP contribution >= 0.6 is 31.9 Å². The Kier molecular flexibility index (Phi) is 8.41. The minimum absolute atomic E-state index is 0.113. The van der Waals surface area contributed by atoms with Gasteiger partial charge in [0.15, 0.2) is 6.61 Å². The summed E-state index contributed by atoms with van der Waals surface area (Å²) in [6.07, 6.45) is 1.42. The van der Waals surface area contributed by atoms with Gasteiger partial charge in [-0.25, -0.2) is 0 Å². The molecule has 0 aliphatic heterocycles. The van der Waals surface area contributed by atoms with Crippen molar-refractivity contribution in [3.8, 4) is 11.8 Å². The van der Waals surface area contributed by atoms with Crippen molar-refractivity contribution in [2.75, 3.05) is 17.2 Å². The van der Waals surface area contributed by atoms with E-state index in [2.05, 4.69) is 42.5 Å². The summed E-state index contributed by atoms with van der Waals surface area (Å²) >= 11 is 6.83. The number of hydrogen-bond acceptors (Lipinski definition) is 4. The fourth-order valence-electron chi connectivity index (χ4n) is 2.92. The third-order valence-electron chi connectivity index (χ3n) is 4.38. The fraction of sp³-hybridized carbons (Fsp3) is 0.0800. The van der Waals surface area contributed by atoms with E-state index in [1.165, 1.54) is 6.08 Å². The van der Waals surface area contributed by atoms with Gasteiger partial charge in [-0.05, 0) is 70.9 Å². The minimum atomic E-state index is -0.553. The van der Waals surface area contributed by atoms with Crippen LogP contribution in [0, 0.1) is 18.3 Å². The molecule has 0 aliphatic rings. The molecular weight excluding hydrogens is 550 g/mol. The summed E-state index contributed by atoms with van der Waals surface area (Å²) in [5.74, 6) is -0.562. The van der Waals surface area contributed by atoms with E-state index in [0.29, 0.717) is 31.6 Å². The molecule has 0 atom stereocenters. The van der Waals surface area contributed by atoms with Crippen LogP contribution in [0.2, 0.25) is 0 Å². The second-order valence-corrected chi connectivity index (χ2v) is 8.77. The van der Waals surface area contributed by atoms with Crippen LogP contribution in [-0.4, -0.2) is 18.4 Å². The number of halogens is 2. The predicted molar refractivity (Wildman–Crippen MR) is 136 cm³/mol. The Morgan fingerprint density at radius 2 is 1.73 bits per heavy atom. The van der Waals surface area contributed by atoms with Gasteiger partial charge in [-0.15, -0.1) is 0 Å². The monoisotopic (exact) mass is 567 g/mol. The number of carbonyl (C=O) groups excluding carboxylic acids is 2. The number of nitrogens with one attached hydrogen (secondary N) is 2. The normalized spacial score (nSPS) is 10.8. The maximum absolute atomic E-state index is 12.6. The first kappa shape index (κ1) is 24.2. The average molecular weight is 569 g/mol. The van der Waals surface area contributed by atoms with E-state index in [9.17, 15) is 14.9 Å². The lowest BCUT2D eigenvalue weighted by molar-refractivity contribution is -0.118. The average Bonchev–Trinajstić information content (AvgIpc) is 2.77. The van der Waals surface area contributed by atoms with Gasteiger partial charge < -0.3 is 15.4 Å². The summed E-state index contributed by atoms with van der Waals surface area (Å²) in [7, 11) is 0. The number of nitriles is 1. The van der Waals surface area contributed by atoms with Crippen LogP contribution < -0.4 is 15.4 Å². The summed E-state index contributed by atoms with van der Waals surface area (Å²) in [5.41, 5.74) is 2.61. The number of benzene rings is 3. The molecule has 3 aromatic carbocycles. The highest BCUT2D eigenvalue weighted by molar-refractivity contribution is 9.11. The largest absolute Gasteiger partial charge is 0.482 e. The highest BCUT2D eigenvalue weighted by Gasteiger charge is 2.15. The zero-order chi connectivity index (χ0) is 23.8. The second-order valence-electron chi connectivity index (χ2n) is 7.00. The smallest absolute Gasteiger partial charge is 0.266 e. The van der Waals surface area contributed by atoms with Gasteiger partial charge >= 0.3 is 0 Å². The molecule has 0 aromatic heterocycles. The molecule has 2 amide bonds. The zero-order valence-corrected chi connectivity index (χ0v) is 20.7. The van der Waals surface area contributed by atoms with Crippen molar-refractivity contribution in [3.05, 3.63) is 92.4 Å². The number of amides is 2. The van der Waals surface area contributed by atoms with Crippen molar-refractivity contribution in [2.45, 2.75) is 6.92 Å². The molecule has 0 unspecified atom stereocenters. The molecule has 166 valence electrons. The Morgan fingerprint density at radius 3 is 2.42 bits per heavy atom. The molecule has 8 heteroatoms. The Hall–Kier alpha value is -3.41. The molecule has 6 nitrogen and oxygen atoms in total. The van der Waals surface area contributed by atoms with Crippen molar-refractivity contribution < 1.29 is 14.3 Å². The maximum atomic E-state index is 12.6. The molecular formula is C25H19Br2N3O3. The zero-order valence-electron chi connectivity index (χ0n) is 17.6. The van der Waals surface area contributed by atoms with Crippen molar-refractivity contribution in [3.63, 3.8) is 0 Å². The molecule has 33 heavy (non-hydrogen) atoms. The standard InChI is InChI=1S/C25H19Br2N3O3/c1-16-6-5-9-21(10-16)29-23(31)15-33-24-17(12-19(26)13-22(24)27)11-18(14-28)25(32)30-20-7-3-2-4-8-20/h2-13H,15H2,1H3,(H,29,31)(H,30,32)/b18-11+. The van der Waals surface area contributed by atoms with E-state index in [0.717, 1.165) is 5.56 Å². The van der Waals surface area contributed by atoms with Crippen molar-refractivity contribution in [2.24, 2.45) is 0 Å². The van der Waals surface area contributed by atoms with Crippen LogP contribution in [0.1, 0.15) is 11.1 Å². The second kappa shape index (κ2) is 11.5. The van der Waals surface area contributed by atoms with Gasteiger partial charge in [0.25, 0.3) is 11.8 Å². The number of carbonyl (C=O) groups is 2. The predicted octanol–water partition coefficient (Wildman–Crippen LogP) is 6.08. The molecule has 0 saturated heterocycles. The number of hydrogen-bond donors (Lipinski definition) is 2. The Labute approximate surface area is 208 Å². The first-order valence-corrected chi connectivity index (χ1v) is 11.4. The third kappa shape index (κ3) is 7.04. The van der Waals surface area contributed by atoms with Gasteiger partial charge in [-0.1, -0.05) is 46.3 Å². The molecule has 0 radical (unpaired) electrons. The highest BCUT2D eigenvalue weighted by atomic mass is 79.9. The molecule has 0 saturated carbocycles. The quantitative estimate of drug-likeness (QED) is 0.267. The van der Waals surface area contributed by atoms with Gasteiger partial charge in [0.1, 0.15) is 17.4 Å². The number of ether oxygens (including phenoxy) is 1. The SMILES string of the molecule is Cc1cccc(NC(=O)COc2c(Br)cc(Br)cc2/C=C(\C#N)C(=O)Nc2ccccc2)c1.